The van der Waals surface area contributed by atoms with Gasteiger partial charge in [0.05, 0.1) is 6.04 Å². The smallest absolute Gasteiger partial charge is 0.242 e. The van der Waals surface area contributed by atoms with Gasteiger partial charge in [0.15, 0.2) is 0 Å². The molecule has 1 atom stereocenters. The quantitative estimate of drug-likeness (QED) is 0.889. The third-order valence-electron chi connectivity index (χ3n) is 3.55. The standard InChI is InChI=1S/C14H17N3O2S.ClH/c18-13-2-1-7-17(13)11-5-3-10(4-6-11)16-14(19)12-8-20-9-15-12;/h3-6,12,15H,1-2,7-9H2,(H,16,19);1H. The zero-order chi connectivity index (χ0) is 13.9. The number of amides is 2. The van der Waals surface area contributed by atoms with E-state index in [1.54, 1.807) is 16.7 Å². The van der Waals surface area contributed by atoms with Gasteiger partial charge in [-0.3, -0.25) is 14.9 Å². The Bertz CT molecular complexity index is 517. The lowest BCUT2D eigenvalue weighted by Gasteiger charge is -2.16. The Morgan fingerprint density at radius 3 is 2.67 bits per heavy atom. The topological polar surface area (TPSA) is 61.4 Å². The number of halogens is 1. The number of carbonyl (C=O) groups is 2. The van der Waals surface area contributed by atoms with Crippen molar-refractivity contribution in [2.24, 2.45) is 0 Å². The van der Waals surface area contributed by atoms with Crippen molar-refractivity contribution in [1.82, 2.24) is 5.32 Å². The molecule has 21 heavy (non-hydrogen) atoms. The first kappa shape index (κ1) is 16.1. The number of rotatable bonds is 3. The monoisotopic (exact) mass is 327 g/mol. The van der Waals surface area contributed by atoms with Gasteiger partial charge in [0, 0.05) is 36.0 Å². The lowest BCUT2D eigenvalue weighted by Crippen LogP contribution is -2.37. The fourth-order valence-corrected chi connectivity index (χ4v) is 3.38. The van der Waals surface area contributed by atoms with Crippen LogP contribution in [-0.2, 0) is 9.59 Å². The highest BCUT2D eigenvalue weighted by molar-refractivity contribution is 7.99. The number of carbonyl (C=O) groups excluding carboxylic acids is 2. The summed E-state index contributed by atoms with van der Waals surface area (Å²) in [5.41, 5.74) is 1.67. The zero-order valence-electron chi connectivity index (χ0n) is 11.5. The summed E-state index contributed by atoms with van der Waals surface area (Å²) in [4.78, 5) is 25.4. The number of nitrogens with zero attached hydrogens (tertiary/aromatic N) is 1. The average molecular weight is 328 g/mol. The molecule has 1 unspecified atom stereocenters. The van der Waals surface area contributed by atoms with E-state index in [-0.39, 0.29) is 30.3 Å². The average Bonchev–Trinajstić information content (AvgIpc) is 3.11. The summed E-state index contributed by atoms with van der Waals surface area (Å²) in [6, 6.07) is 7.35. The van der Waals surface area contributed by atoms with Crippen LogP contribution in [0.3, 0.4) is 0 Å². The van der Waals surface area contributed by atoms with Crippen LogP contribution in [0.2, 0.25) is 0 Å². The van der Waals surface area contributed by atoms with Crippen LogP contribution in [0.4, 0.5) is 11.4 Å². The molecule has 114 valence electrons. The van der Waals surface area contributed by atoms with Crippen molar-refractivity contribution in [3.05, 3.63) is 24.3 Å². The van der Waals surface area contributed by atoms with Gasteiger partial charge in [-0.2, -0.15) is 0 Å². The normalized spacial score (nSPS) is 21.2. The van der Waals surface area contributed by atoms with Crippen LogP contribution in [0.25, 0.3) is 0 Å². The molecule has 3 rings (SSSR count). The molecule has 0 radical (unpaired) electrons. The second-order valence-electron chi connectivity index (χ2n) is 4.96. The first-order valence-electron chi connectivity index (χ1n) is 6.76. The lowest BCUT2D eigenvalue weighted by atomic mass is 10.2. The van der Waals surface area contributed by atoms with Gasteiger partial charge in [0.2, 0.25) is 11.8 Å². The predicted molar refractivity (Wildman–Crippen MR) is 88.2 cm³/mol. The molecule has 2 aliphatic heterocycles. The van der Waals surface area contributed by atoms with Crippen LogP contribution in [0.15, 0.2) is 24.3 Å². The van der Waals surface area contributed by atoms with E-state index in [9.17, 15) is 9.59 Å². The van der Waals surface area contributed by atoms with Gasteiger partial charge in [-0.05, 0) is 30.7 Å². The van der Waals surface area contributed by atoms with Gasteiger partial charge in [0.25, 0.3) is 0 Å². The molecule has 0 spiro atoms. The first-order chi connectivity index (χ1) is 9.74. The highest BCUT2D eigenvalue weighted by Gasteiger charge is 2.23. The van der Waals surface area contributed by atoms with E-state index in [1.807, 2.05) is 24.3 Å². The Hall–Kier alpha value is -1.24. The molecule has 2 heterocycles. The van der Waals surface area contributed by atoms with Gasteiger partial charge < -0.3 is 10.2 Å². The zero-order valence-corrected chi connectivity index (χ0v) is 13.1. The molecule has 0 bridgehead atoms. The van der Waals surface area contributed by atoms with Crippen LogP contribution in [0, 0.1) is 0 Å². The Morgan fingerprint density at radius 2 is 2.10 bits per heavy atom. The van der Waals surface area contributed by atoms with Gasteiger partial charge in [0.1, 0.15) is 0 Å². The van der Waals surface area contributed by atoms with Crippen LogP contribution < -0.4 is 15.5 Å². The van der Waals surface area contributed by atoms with Crippen molar-refractivity contribution in [3.63, 3.8) is 0 Å². The third kappa shape index (κ3) is 3.70. The fourth-order valence-electron chi connectivity index (χ4n) is 2.44. The molecule has 0 saturated carbocycles. The number of thioether (sulfide) groups is 1. The van der Waals surface area contributed by atoms with E-state index in [1.165, 1.54) is 0 Å². The maximum atomic E-state index is 12.0. The maximum Gasteiger partial charge on any atom is 0.242 e. The second kappa shape index (κ2) is 7.15. The van der Waals surface area contributed by atoms with E-state index in [4.69, 9.17) is 0 Å². The Morgan fingerprint density at radius 1 is 1.33 bits per heavy atom. The van der Waals surface area contributed by atoms with Crippen LogP contribution >= 0.6 is 24.2 Å². The summed E-state index contributed by atoms with van der Waals surface area (Å²) in [7, 11) is 0. The van der Waals surface area contributed by atoms with Gasteiger partial charge in [-0.15, -0.1) is 24.2 Å². The van der Waals surface area contributed by atoms with Crippen LogP contribution in [0.1, 0.15) is 12.8 Å². The second-order valence-corrected chi connectivity index (χ2v) is 5.99. The molecule has 2 amide bonds. The van der Waals surface area contributed by atoms with Gasteiger partial charge in [-0.1, -0.05) is 0 Å². The summed E-state index contributed by atoms with van der Waals surface area (Å²) in [5, 5.41) is 6.03. The number of anilines is 2. The molecule has 5 nitrogen and oxygen atoms in total. The minimum atomic E-state index is -0.111. The summed E-state index contributed by atoms with van der Waals surface area (Å²) in [5.74, 6) is 1.81. The van der Waals surface area contributed by atoms with Crippen LogP contribution in [0.5, 0.6) is 0 Å². The maximum absolute atomic E-state index is 12.0. The molecule has 0 aromatic heterocycles. The highest BCUT2D eigenvalue weighted by Crippen LogP contribution is 2.23. The number of hydrogen-bond donors (Lipinski definition) is 2. The third-order valence-corrected chi connectivity index (χ3v) is 4.49. The minimum Gasteiger partial charge on any atom is -0.325 e. The van der Waals surface area contributed by atoms with Gasteiger partial charge >= 0.3 is 0 Å². The number of hydrogen-bond acceptors (Lipinski definition) is 4. The van der Waals surface area contributed by atoms with Crippen molar-refractivity contribution in [2.75, 3.05) is 28.4 Å². The summed E-state index contributed by atoms with van der Waals surface area (Å²) >= 11 is 1.72. The van der Waals surface area contributed by atoms with Crippen LogP contribution in [-0.4, -0.2) is 36.0 Å². The summed E-state index contributed by atoms with van der Waals surface area (Å²) in [6.45, 7) is 0.785. The SMILES string of the molecule is Cl.O=C(Nc1ccc(N2CCCC2=O)cc1)C1CSCN1. The largest absolute Gasteiger partial charge is 0.325 e. The van der Waals surface area contributed by atoms with Crippen molar-refractivity contribution in [2.45, 2.75) is 18.9 Å². The molecule has 7 heteroatoms. The van der Waals surface area contributed by atoms with E-state index >= 15 is 0 Å². The predicted octanol–water partition coefficient (Wildman–Crippen LogP) is 1.84. The molecule has 2 fully saturated rings. The molecule has 2 aliphatic rings. The molecule has 2 N–H and O–H groups in total. The van der Waals surface area contributed by atoms with Crippen molar-refractivity contribution < 1.29 is 9.59 Å². The number of nitrogens with one attached hydrogen (secondary N) is 2. The minimum absolute atomic E-state index is 0. The Balaban J connectivity index is 0.00000161. The van der Waals surface area contributed by atoms with E-state index in [0.29, 0.717) is 6.42 Å². The first-order valence-corrected chi connectivity index (χ1v) is 7.92. The molecule has 1 aromatic carbocycles. The summed E-state index contributed by atoms with van der Waals surface area (Å²) in [6.07, 6.45) is 1.55. The van der Waals surface area contributed by atoms with E-state index < -0.39 is 0 Å². The molecular weight excluding hydrogens is 310 g/mol. The number of benzene rings is 1. The highest BCUT2D eigenvalue weighted by atomic mass is 35.5. The van der Waals surface area contributed by atoms with Gasteiger partial charge in [-0.25, -0.2) is 0 Å². The molecule has 0 aliphatic carbocycles. The fraction of sp³-hybridized carbons (Fsp3) is 0.429. The van der Waals surface area contributed by atoms with E-state index in [0.717, 1.165) is 36.0 Å². The van der Waals surface area contributed by atoms with Crippen molar-refractivity contribution in [1.29, 1.82) is 0 Å². The molecule has 2 saturated heterocycles. The van der Waals surface area contributed by atoms with Crippen molar-refractivity contribution >= 4 is 47.4 Å². The molecule has 1 aromatic rings. The molecular formula is C14H18ClN3O2S. The van der Waals surface area contributed by atoms with Crippen molar-refractivity contribution in [3.8, 4) is 0 Å². The summed E-state index contributed by atoms with van der Waals surface area (Å²) < 4.78 is 0. The Labute approximate surface area is 134 Å². The Kier molecular flexibility index (Phi) is 5.50. The lowest BCUT2D eigenvalue weighted by molar-refractivity contribution is -0.118. The van der Waals surface area contributed by atoms with E-state index in [2.05, 4.69) is 10.6 Å².